The van der Waals surface area contributed by atoms with E-state index in [1.165, 1.54) is 0 Å². The van der Waals surface area contributed by atoms with Gasteiger partial charge in [-0.25, -0.2) is 4.99 Å². The molecule has 18 heavy (non-hydrogen) atoms. The van der Waals surface area contributed by atoms with Crippen molar-refractivity contribution in [2.75, 3.05) is 0 Å². The number of nitriles is 1. The maximum absolute atomic E-state index is 8.71. The van der Waals surface area contributed by atoms with Crippen molar-refractivity contribution in [1.82, 2.24) is 15.6 Å². The molecular formula is C13H19N5. The van der Waals surface area contributed by atoms with Crippen molar-refractivity contribution >= 4 is 5.96 Å². The van der Waals surface area contributed by atoms with Gasteiger partial charge in [0.05, 0.1) is 6.54 Å². The van der Waals surface area contributed by atoms with Crippen molar-refractivity contribution in [3.63, 3.8) is 0 Å². The molecule has 1 rings (SSSR count). The molecule has 5 nitrogen and oxygen atoms in total. The zero-order chi connectivity index (χ0) is 13.4. The van der Waals surface area contributed by atoms with Gasteiger partial charge in [-0.3, -0.25) is 10.3 Å². The molecule has 0 aliphatic rings. The van der Waals surface area contributed by atoms with Crippen LogP contribution < -0.4 is 10.6 Å². The van der Waals surface area contributed by atoms with E-state index in [4.69, 9.17) is 5.26 Å². The Morgan fingerprint density at radius 3 is 2.67 bits per heavy atom. The zero-order valence-electron chi connectivity index (χ0n) is 11.1. The van der Waals surface area contributed by atoms with Crippen LogP contribution in [0.3, 0.4) is 0 Å². The molecule has 1 heterocycles. The van der Waals surface area contributed by atoms with Crippen LogP contribution in [0.15, 0.2) is 29.5 Å². The standard InChI is InChI=1S/C13H19N5/c1-4-13(2,3)18-12(17-10-14)16-9-11-5-7-15-8-6-11/h5-8H,4,9H2,1-3H3,(H2,16,17,18). The third-order valence-electron chi connectivity index (χ3n) is 2.68. The van der Waals surface area contributed by atoms with Gasteiger partial charge in [0.25, 0.3) is 0 Å². The molecule has 0 aromatic carbocycles. The van der Waals surface area contributed by atoms with Crippen molar-refractivity contribution in [1.29, 1.82) is 5.26 Å². The molecule has 2 N–H and O–H groups in total. The fraction of sp³-hybridized carbons (Fsp3) is 0.462. The summed E-state index contributed by atoms with van der Waals surface area (Å²) in [5.74, 6) is 0.501. The minimum absolute atomic E-state index is 0.0963. The average molecular weight is 245 g/mol. The lowest BCUT2D eigenvalue weighted by molar-refractivity contribution is 0.440. The van der Waals surface area contributed by atoms with Gasteiger partial charge in [0, 0.05) is 17.9 Å². The minimum Gasteiger partial charge on any atom is -0.351 e. The molecule has 0 amide bonds. The summed E-state index contributed by atoms with van der Waals surface area (Å²) < 4.78 is 0. The summed E-state index contributed by atoms with van der Waals surface area (Å²) in [6.07, 6.45) is 6.29. The first-order valence-electron chi connectivity index (χ1n) is 5.94. The molecule has 0 fully saturated rings. The predicted octanol–water partition coefficient (Wildman–Crippen LogP) is 1.79. The quantitative estimate of drug-likeness (QED) is 0.367. The lowest BCUT2D eigenvalue weighted by Crippen LogP contribution is -2.47. The van der Waals surface area contributed by atoms with E-state index >= 15 is 0 Å². The molecule has 0 unspecified atom stereocenters. The monoisotopic (exact) mass is 245 g/mol. The molecule has 0 radical (unpaired) electrons. The van der Waals surface area contributed by atoms with Crippen LogP contribution in [0.2, 0.25) is 0 Å². The molecule has 1 aromatic rings. The van der Waals surface area contributed by atoms with Crippen LogP contribution >= 0.6 is 0 Å². The number of nitrogens with one attached hydrogen (secondary N) is 2. The van der Waals surface area contributed by atoms with Gasteiger partial charge in [0.1, 0.15) is 0 Å². The molecule has 96 valence electrons. The molecule has 5 heteroatoms. The first-order valence-corrected chi connectivity index (χ1v) is 5.94. The second-order valence-electron chi connectivity index (χ2n) is 4.62. The van der Waals surface area contributed by atoms with Gasteiger partial charge in [-0.2, -0.15) is 5.26 Å². The van der Waals surface area contributed by atoms with Crippen molar-refractivity contribution in [3.8, 4) is 6.19 Å². The van der Waals surface area contributed by atoms with Gasteiger partial charge in [0.2, 0.25) is 5.96 Å². The number of hydrogen-bond donors (Lipinski definition) is 2. The van der Waals surface area contributed by atoms with Crippen molar-refractivity contribution in [2.24, 2.45) is 4.99 Å². The number of aromatic nitrogens is 1. The van der Waals surface area contributed by atoms with Crippen LogP contribution in [0.5, 0.6) is 0 Å². The van der Waals surface area contributed by atoms with Crippen molar-refractivity contribution in [3.05, 3.63) is 30.1 Å². The summed E-state index contributed by atoms with van der Waals surface area (Å²) in [5, 5.41) is 14.5. The SMILES string of the molecule is CCC(C)(C)NC(=NCc1ccncc1)NC#N. The summed E-state index contributed by atoms with van der Waals surface area (Å²) in [7, 11) is 0. The van der Waals surface area contributed by atoms with E-state index in [-0.39, 0.29) is 5.54 Å². The Kier molecular flexibility index (Phi) is 5.12. The largest absolute Gasteiger partial charge is 0.351 e. The predicted molar refractivity (Wildman–Crippen MR) is 71.6 cm³/mol. The Morgan fingerprint density at radius 2 is 2.11 bits per heavy atom. The van der Waals surface area contributed by atoms with Gasteiger partial charge in [-0.15, -0.1) is 0 Å². The van der Waals surface area contributed by atoms with Gasteiger partial charge in [-0.1, -0.05) is 6.92 Å². The highest BCUT2D eigenvalue weighted by atomic mass is 15.2. The molecular weight excluding hydrogens is 226 g/mol. The second kappa shape index (κ2) is 6.60. The third kappa shape index (κ3) is 4.83. The minimum atomic E-state index is -0.0963. The lowest BCUT2D eigenvalue weighted by Gasteiger charge is -2.25. The highest BCUT2D eigenvalue weighted by Gasteiger charge is 2.16. The van der Waals surface area contributed by atoms with E-state index in [9.17, 15) is 0 Å². The Balaban J connectivity index is 2.70. The van der Waals surface area contributed by atoms with Crippen LogP contribution in [-0.4, -0.2) is 16.5 Å². The molecule has 0 aliphatic heterocycles. The number of rotatable bonds is 4. The van der Waals surface area contributed by atoms with E-state index in [0.29, 0.717) is 12.5 Å². The summed E-state index contributed by atoms with van der Waals surface area (Å²) in [5.41, 5.74) is 0.958. The molecule has 0 atom stereocenters. The third-order valence-corrected chi connectivity index (χ3v) is 2.68. The van der Waals surface area contributed by atoms with E-state index in [1.807, 2.05) is 18.3 Å². The Bertz CT molecular complexity index is 430. The Labute approximate surface area is 108 Å². The summed E-state index contributed by atoms with van der Waals surface area (Å²) in [6.45, 7) is 6.72. The van der Waals surface area contributed by atoms with Crippen molar-refractivity contribution < 1.29 is 0 Å². The molecule has 0 spiro atoms. The van der Waals surface area contributed by atoms with Gasteiger partial charge < -0.3 is 5.32 Å². The van der Waals surface area contributed by atoms with Gasteiger partial charge >= 0.3 is 0 Å². The summed E-state index contributed by atoms with van der Waals surface area (Å²) >= 11 is 0. The molecule has 0 saturated carbocycles. The van der Waals surface area contributed by atoms with Crippen LogP contribution in [0.25, 0.3) is 0 Å². The number of aliphatic imine (C=N–C) groups is 1. The van der Waals surface area contributed by atoms with Crippen LogP contribution in [-0.2, 0) is 6.54 Å². The number of nitrogens with zero attached hydrogens (tertiary/aromatic N) is 3. The summed E-state index contributed by atoms with van der Waals surface area (Å²) in [4.78, 5) is 8.31. The highest BCUT2D eigenvalue weighted by Crippen LogP contribution is 2.06. The van der Waals surface area contributed by atoms with Crippen molar-refractivity contribution in [2.45, 2.75) is 39.3 Å². The number of guanidine groups is 1. The van der Waals surface area contributed by atoms with Crippen LogP contribution in [0, 0.1) is 11.5 Å². The van der Waals surface area contributed by atoms with Gasteiger partial charge in [-0.05, 0) is 38.0 Å². The summed E-state index contributed by atoms with van der Waals surface area (Å²) in [6, 6.07) is 3.80. The van der Waals surface area contributed by atoms with Crippen LogP contribution in [0.4, 0.5) is 0 Å². The number of pyridine rings is 1. The second-order valence-corrected chi connectivity index (χ2v) is 4.62. The van der Waals surface area contributed by atoms with E-state index in [2.05, 4.69) is 41.4 Å². The van der Waals surface area contributed by atoms with E-state index in [1.54, 1.807) is 12.4 Å². The van der Waals surface area contributed by atoms with Crippen LogP contribution in [0.1, 0.15) is 32.8 Å². The normalized spacial score (nSPS) is 11.8. The van der Waals surface area contributed by atoms with E-state index in [0.717, 1.165) is 12.0 Å². The van der Waals surface area contributed by atoms with Gasteiger partial charge in [0.15, 0.2) is 6.19 Å². The Hall–Kier alpha value is -2.09. The van der Waals surface area contributed by atoms with E-state index < -0.39 is 0 Å². The first-order chi connectivity index (χ1) is 8.57. The number of hydrogen-bond acceptors (Lipinski definition) is 3. The topological polar surface area (TPSA) is 73.1 Å². The maximum Gasteiger partial charge on any atom is 0.205 e. The Morgan fingerprint density at radius 1 is 1.44 bits per heavy atom. The smallest absolute Gasteiger partial charge is 0.205 e. The fourth-order valence-corrected chi connectivity index (χ4v) is 1.23. The molecule has 0 bridgehead atoms. The maximum atomic E-state index is 8.71. The zero-order valence-corrected chi connectivity index (χ0v) is 11.1. The molecule has 0 saturated heterocycles. The highest BCUT2D eigenvalue weighted by molar-refractivity contribution is 5.81. The molecule has 1 aromatic heterocycles. The molecule has 0 aliphatic carbocycles. The first kappa shape index (κ1) is 14.0. The fourth-order valence-electron chi connectivity index (χ4n) is 1.23. The average Bonchev–Trinajstić information content (AvgIpc) is 2.37. The lowest BCUT2D eigenvalue weighted by atomic mass is 10.0.